The molecule has 37 heavy (non-hydrogen) atoms. The highest BCUT2D eigenvalue weighted by Crippen LogP contribution is 2.62. The average molecular weight is 517 g/mol. The number of carbonyl (C=O) groups excluding carboxylic acids is 1. The zero-order valence-corrected chi connectivity index (χ0v) is 24.6. The summed E-state index contributed by atoms with van der Waals surface area (Å²) in [6.07, 6.45) is 12.7. The number of hydrogen-bond donors (Lipinski definition) is 0. The molecule has 0 aliphatic heterocycles. The first-order chi connectivity index (χ1) is 17.5. The van der Waals surface area contributed by atoms with Crippen molar-refractivity contribution in [2.75, 3.05) is 6.61 Å². The second-order valence-electron chi connectivity index (χ2n) is 13.5. The molecule has 4 aliphatic rings. The lowest BCUT2D eigenvalue weighted by molar-refractivity contribution is -0.00587. The molecule has 6 rings (SSSR count). The molecular weight excluding hydrogens is 472 g/mol. The van der Waals surface area contributed by atoms with Gasteiger partial charge in [0.1, 0.15) is 5.75 Å². The topological polar surface area (TPSA) is 35.5 Å². The van der Waals surface area contributed by atoms with Gasteiger partial charge in [-0.3, -0.25) is 0 Å². The number of esters is 1. The molecule has 0 spiro atoms. The molecule has 0 atom stereocenters. The van der Waals surface area contributed by atoms with Gasteiger partial charge in [-0.2, -0.15) is 0 Å². The lowest BCUT2D eigenvalue weighted by Gasteiger charge is -2.57. The van der Waals surface area contributed by atoms with Crippen molar-refractivity contribution in [2.45, 2.75) is 89.8 Å². The minimum atomic E-state index is -1.96. The van der Waals surface area contributed by atoms with Crippen LogP contribution in [0.4, 0.5) is 0 Å². The van der Waals surface area contributed by atoms with Gasteiger partial charge >= 0.3 is 5.97 Å². The Hall–Kier alpha value is -2.33. The molecule has 0 amide bonds. The van der Waals surface area contributed by atoms with Crippen molar-refractivity contribution in [1.82, 2.24) is 0 Å². The van der Waals surface area contributed by atoms with E-state index in [9.17, 15) is 4.79 Å². The predicted molar refractivity (Wildman–Crippen MR) is 155 cm³/mol. The Bertz CT molecular complexity index is 1130. The van der Waals surface area contributed by atoms with Crippen LogP contribution in [0.2, 0.25) is 18.1 Å². The van der Waals surface area contributed by atoms with E-state index in [1.54, 1.807) is 0 Å². The third kappa shape index (κ3) is 5.32. The maximum atomic E-state index is 12.0. The first-order valence-electron chi connectivity index (χ1n) is 14.3. The van der Waals surface area contributed by atoms with Gasteiger partial charge in [0, 0.05) is 0 Å². The molecule has 0 heterocycles. The molecule has 2 aromatic rings. The summed E-state index contributed by atoms with van der Waals surface area (Å²) < 4.78 is 12.1. The van der Waals surface area contributed by atoms with Crippen molar-refractivity contribution >= 4 is 26.4 Å². The SMILES string of the molecule is CCOC(=O)c1ccc(C=Cc2ccc(O[Si](C)(C)C(C)(C)C)c(C34CC5CC(CC(C5)C3)C4)c2)cc1. The maximum absolute atomic E-state index is 12.0. The Morgan fingerprint density at radius 2 is 1.46 bits per heavy atom. The first-order valence-corrected chi connectivity index (χ1v) is 17.2. The van der Waals surface area contributed by atoms with Crippen LogP contribution in [0.15, 0.2) is 42.5 Å². The minimum Gasteiger partial charge on any atom is -0.543 e. The van der Waals surface area contributed by atoms with E-state index in [0.29, 0.717) is 12.2 Å². The highest BCUT2D eigenvalue weighted by molar-refractivity contribution is 6.74. The van der Waals surface area contributed by atoms with Crippen LogP contribution in [0.1, 0.15) is 93.3 Å². The van der Waals surface area contributed by atoms with E-state index in [1.807, 2.05) is 31.2 Å². The minimum absolute atomic E-state index is 0.167. The van der Waals surface area contributed by atoms with Crippen molar-refractivity contribution in [1.29, 1.82) is 0 Å². The molecule has 0 aromatic heterocycles. The molecule has 0 N–H and O–H groups in total. The van der Waals surface area contributed by atoms with Crippen LogP contribution < -0.4 is 4.43 Å². The van der Waals surface area contributed by atoms with Crippen LogP contribution in [0, 0.1) is 17.8 Å². The van der Waals surface area contributed by atoms with Crippen LogP contribution in [0.5, 0.6) is 5.75 Å². The summed E-state index contributed by atoms with van der Waals surface area (Å²) in [5, 5.41) is 0.167. The summed E-state index contributed by atoms with van der Waals surface area (Å²) >= 11 is 0. The molecular formula is C33H44O3Si. The van der Waals surface area contributed by atoms with Gasteiger partial charge in [0.25, 0.3) is 0 Å². The zero-order chi connectivity index (χ0) is 26.4. The highest BCUT2D eigenvalue weighted by atomic mass is 28.4. The third-order valence-corrected chi connectivity index (χ3v) is 14.0. The predicted octanol–water partition coefficient (Wildman–Crippen LogP) is 8.89. The van der Waals surface area contributed by atoms with Crippen LogP contribution in [-0.2, 0) is 10.2 Å². The van der Waals surface area contributed by atoms with E-state index in [4.69, 9.17) is 9.16 Å². The highest BCUT2D eigenvalue weighted by Gasteiger charge is 2.53. The Balaban J connectivity index is 1.46. The Kier molecular flexibility index (Phi) is 6.93. The first kappa shape index (κ1) is 26.3. The fraction of sp³-hybridized carbons (Fsp3) is 0.545. The van der Waals surface area contributed by atoms with Crippen LogP contribution in [-0.4, -0.2) is 20.9 Å². The van der Waals surface area contributed by atoms with E-state index in [2.05, 4.69) is 64.2 Å². The summed E-state index contributed by atoms with van der Waals surface area (Å²) in [6, 6.07) is 14.6. The third-order valence-electron chi connectivity index (χ3n) is 9.67. The van der Waals surface area contributed by atoms with Crippen molar-refractivity contribution in [2.24, 2.45) is 17.8 Å². The number of carbonyl (C=O) groups is 1. The number of rotatable bonds is 7. The quantitative estimate of drug-likeness (QED) is 0.209. The normalized spacial score (nSPS) is 27.0. The van der Waals surface area contributed by atoms with Crippen LogP contribution in [0.3, 0.4) is 0 Å². The number of benzene rings is 2. The zero-order valence-electron chi connectivity index (χ0n) is 23.6. The molecule has 0 unspecified atom stereocenters. The second-order valence-corrected chi connectivity index (χ2v) is 18.2. The van der Waals surface area contributed by atoms with Gasteiger partial charge in [0.05, 0.1) is 12.2 Å². The lowest BCUT2D eigenvalue weighted by atomic mass is 9.48. The molecule has 3 nitrogen and oxygen atoms in total. The Labute approximate surface area is 224 Å². The molecule has 4 aliphatic carbocycles. The van der Waals surface area contributed by atoms with Gasteiger partial charge in [-0.15, -0.1) is 0 Å². The van der Waals surface area contributed by atoms with Crippen molar-refractivity contribution in [3.63, 3.8) is 0 Å². The summed E-state index contributed by atoms with van der Waals surface area (Å²) in [7, 11) is -1.96. The van der Waals surface area contributed by atoms with E-state index in [1.165, 1.54) is 49.7 Å². The number of hydrogen-bond acceptors (Lipinski definition) is 3. The fourth-order valence-electron chi connectivity index (χ4n) is 7.16. The summed E-state index contributed by atoms with van der Waals surface area (Å²) in [4.78, 5) is 12.0. The Morgan fingerprint density at radius 3 is 2.00 bits per heavy atom. The van der Waals surface area contributed by atoms with Gasteiger partial charge in [0.2, 0.25) is 8.32 Å². The largest absolute Gasteiger partial charge is 0.543 e. The van der Waals surface area contributed by atoms with E-state index in [-0.39, 0.29) is 16.4 Å². The second kappa shape index (κ2) is 9.76. The van der Waals surface area contributed by atoms with Crippen LogP contribution >= 0.6 is 0 Å². The molecule has 0 radical (unpaired) electrons. The monoisotopic (exact) mass is 516 g/mol. The van der Waals surface area contributed by atoms with E-state index in [0.717, 1.165) is 29.1 Å². The number of ether oxygens (including phenoxy) is 1. The molecule has 4 bridgehead atoms. The van der Waals surface area contributed by atoms with Gasteiger partial charge in [0.15, 0.2) is 0 Å². The molecule has 4 fully saturated rings. The van der Waals surface area contributed by atoms with Crippen LogP contribution in [0.25, 0.3) is 12.2 Å². The molecule has 198 valence electrons. The maximum Gasteiger partial charge on any atom is 0.338 e. The molecule has 4 heteroatoms. The van der Waals surface area contributed by atoms with Gasteiger partial charge in [-0.25, -0.2) is 4.79 Å². The standard InChI is InChI=1S/C33H44O3Si/c1-7-35-31(34)28-13-10-23(11-14-28)8-9-24-12-15-30(36-37(5,6)32(2,3)4)29(19-24)33-20-25-16-26(21-33)18-27(17-25)22-33/h8-15,19,25-27H,7,16-18,20-22H2,1-6H3. The van der Waals surface area contributed by atoms with E-state index >= 15 is 0 Å². The van der Waals surface area contributed by atoms with Gasteiger partial charge in [-0.05, 0) is 128 Å². The van der Waals surface area contributed by atoms with Crippen molar-refractivity contribution in [3.8, 4) is 5.75 Å². The molecule has 4 saturated carbocycles. The van der Waals surface area contributed by atoms with Gasteiger partial charge < -0.3 is 9.16 Å². The summed E-state index contributed by atoms with van der Waals surface area (Å²) in [6.45, 7) is 13.9. The summed E-state index contributed by atoms with van der Waals surface area (Å²) in [5.74, 6) is 3.55. The smallest absolute Gasteiger partial charge is 0.338 e. The van der Waals surface area contributed by atoms with E-state index < -0.39 is 8.32 Å². The van der Waals surface area contributed by atoms with Gasteiger partial charge in [-0.1, -0.05) is 51.1 Å². The van der Waals surface area contributed by atoms with Crippen molar-refractivity contribution < 1.29 is 14.0 Å². The van der Waals surface area contributed by atoms with Crippen molar-refractivity contribution in [3.05, 3.63) is 64.7 Å². The summed E-state index contributed by atoms with van der Waals surface area (Å²) in [5.41, 5.74) is 4.64. The Morgan fingerprint density at radius 1 is 0.919 bits per heavy atom. The lowest BCUT2D eigenvalue weighted by Crippen LogP contribution is -2.49. The molecule has 2 aromatic carbocycles. The molecule has 0 saturated heterocycles. The average Bonchev–Trinajstić information content (AvgIpc) is 2.82. The fourth-order valence-corrected chi connectivity index (χ4v) is 8.19.